The third-order valence-corrected chi connectivity index (χ3v) is 11.5. The Kier molecular flexibility index (Phi) is 3.41. The Balaban J connectivity index is 4.79. The fourth-order valence-electron chi connectivity index (χ4n) is 1.54. The standard InChI is InChI=1S/C11H27P/c1-9(2)11(5)12(6,7,8)10(3)4/h9-11H,1-8H3. The molecule has 76 valence electrons. The van der Waals surface area contributed by atoms with E-state index in [1.807, 2.05) is 0 Å². The zero-order chi connectivity index (χ0) is 10.2. The van der Waals surface area contributed by atoms with Gasteiger partial charge in [-0.25, -0.2) is 0 Å². The zero-order valence-corrected chi connectivity index (χ0v) is 11.1. The molecule has 0 aromatic rings. The molecule has 0 aromatic carbocycles. The molecule has 0 bridgehead atoms. The van der Waals surface area contributed by atoms with E-state index in [9.17, 15) is 0 Å². The molecule has 0 N–H and O–H groups in total. The van der Waals surface area contributed by atoms with Gasteiger partial charge in [0.2, 0.25) is 0 Å². The fraction of sp³-hybridized carbons (Fsp3) is 1.00. The molecule has 0 nitrogen and oxygen atoms in total. The summed E-state index contributed by atoms with van der Waals surface area (Å²) in [7, 11) is 0. The van der Waals surface area contributed by atoms with Crippen molar-refractivity contribution in [2.75, 3.05) is 20.0 Å². The summed E-state index contributed by atoms with van der Waals surface area (Å²) in [5.41, 5.74) is 1.74. The van der Waals surface area contributed by atoms with Gasteiger partial charge in [-0.3, -0.25) is 0 Å². The molecule has 0 spiro atoms. The molecule has 0 saturated heterocycles. The van der Waals surface area contributed by atoms with Crippen LogP contribution in [0.5, 0.6) is 0 Å². The van der Waals surface area contributed by atoms with Crippen molar-refractivity contribution in [1.82, 2.24) is 0 Å². The maximum atomic E-state index is 2.53. The Morgan fingerprint density at radius 2 is 1.08 bits per heavy atom. The Morgan fingerprint density at radius 3 is 1.17 bits per heavy atom. The topological polar surface area (TPSA) is 0 Å². The minimum absolute atomic E-state index is 0.824. The first-order valence-corrected chi connectivity index (χ1v) is 8.79. The first-order chi connectivity index (χ1) is 5.08. The Labute approximate surface area is 79.1 Å². The molecular formula is C11H27P. The predicted molar refractivity (Wildman–Crippen MR) is 64.1 cm³/mol. The van der Waals surface area contributed by atoms with Crippen LogP contribution in [0.25, 0.3) is 0 Å². The Bertz CT molecular complexity index is 148. The molecule has 0 aliphatic carbocycles. The first-order valence-electron chi connectivity index (χ1n) is 5.08. The van der Waals surface area contributed by atoms with Crippen LogP contribution in [-0.2, 0) is 0 Å². The van der Waals surface area contributed by atoms with Crippen LogP contribution in [0.1, 0.15) is 34.6 Å². The normalized spacial score (nSPS) is 19.3. The van der Waals surface area contributed by atoms with E-state index in [0.717, 1.165) is 17.2 Å². The SMILES string of the molecule is CC(C)C(C)P(C)(C)(C)C(C)C. The molecule has 1 unspecified atom stereocenters. The van der Waals surface area contributed by atoms with E-state index in [0.29, 0.717) is 0 Å². The second-order valence-electron chi connectivity index (χ2n) is 6.12. The van der Waals surface area contributed by atoms with E-state index in [4.69, 9.17) is 0 Å². The van der Waals surface area contributed by atoms with Crippen molar-refractivity contribution in [3.8, 4) is 0 Å². The average Bonchev–Trinajstić information content (AvgIpc) is 1.84. The molecule has 0 heterocycles. The van der Waals surface area contributed by atoms with Crippen molar-refractivity contribution in [1.29, 1.82) is 0 Å². The molecule has 0 amide bonds. The van der Waals surface area contributed by atoms with Crippen molar-refractivity contribution < 1.29 is 0 Å². The monoisotopic (exact) mass is 190 g/mol. The number of rotatable bonds is 3. The maximum absolute atomic E-state index is 2.53. The molecule has 0 aliphatic rings. The van der Waals surface area contributed by atoms with E-state index in [1.165, 1.54) is 0 Å². The van der Waals surface area contributed by atoms with Crippen LogP contribution < -0.4 is 0 Å². The fourth-order valence-corrected chi connectivity index (χ4v) is 4.61. The second kappa shape index (κ2) is 3.29. The van der Waals surface area contributed by atoms with Crippen LogP contribution in [-0.4, -0.2) is 31.3 Å². The van der Waals surface area contributed by atoms with Gasteiger partial charge in [0.1, 0.15) is 0 Å². The van der Waals surface area contributed by atoms with Gasteiger partial charge in [0.25, 0.3) is 0 Å². The predicted octanol–water partition coefficient (Wildman–Crippen LogP) is 3.88. The van der Waals surface area contributed by atoms with Crippen molar-refractivity contribution in [3.05, 3.63) is 0 Å². The van der Waals surface area contributed by atoms with E-state index in [1.54, 1.807) is 0 Å². The van der Waals surface area contributed by atoms with E-state index in [2.05, 4.69) is 54.6 Å². The van der Waals surface area contributed by atoms with Gasteiger partial charge in [-0.2, -0.15) is 0 Å². The van der Waals surface area contributed by atoms with Gasteiger partial charge in [-0.05, 0) is 0 Å². The van der Waals surface area contributed by atoms with Gasteiger partial charge in [0.05, 0.1) is 0 Å². The molecule has 1 heteroatoms. The van der Waals surface area contributed by atoms with E-state index >= 15 is 0 Å². The molecule has 0 saturated carbocycles. The molecule has 0 radical (unpaired) electrons. The van der Waals surface area contributed by atoms with Crippen molar-refractivity contribution in [2.45, 2.75) is 45.9 Å². The van der Waals surface area contributed by atoms with Crippen molar-refractivity contribution >= 4 is 6.60 Å². The van der Waals surface area contributed by atoms with Gasteiger partial charge < -0.3 is 0 Å². The van der Waals surface area contributed by atoms with Crippen molar-refractivity contribution in [3.63, 3.8) is 0 Å². The third-order valence-electron chi connectivity index (χ3n) is 4.27. The molecule has 0 rings (SSSR count). The third kappa shape index (κ3) is 2.22. The molecule has 1 atom stereocenters. The van der Waals surface area contributed by atoms with Gasteiger partial charge in [-0.1, -0.05) is 0 Å². The molecule has 0 aromatic heterocycles. The minimum atomic E-state index is -1.41. The van der Waals surface area contributed by atoms with E-state index < -0.39 is 6.60 Å². The summed E-state index contributed by atoms with van der Waals surface area (Å²) >= 11 is 0. The van der Waals surface area contributed by atoms with Crippen LogP contribution in [0.3, 0.4) is 0 Å². The zero-order valence-electron chi connectivity index (χ0n) is 10.2. The number of hydrogen-bond acceptors (Lipinski definition) is 0. The van der Waals surface area contributed by atoms with Crippen LogP contribution in [0, 0.1) is 5.92 Å². The summed E-state index contributed by atoms with van der Waals surface area (Å²) in [6.07, 6.45) is 0. The summed E-state index contributed by atoms with van der Waals surface area (Å²) in [5.74, 6) is 0.824. The van der Waals surface area contributed by atoms with Crippen molar-refractivity contribution in [2.24, 2.45) is 5.92 Å². The van der Waals surface area contributed by atoms with Gasteiger partial charge >= 0.3 is 78.5 Å². The molecule has 12 heavy (non-hydrogen) atoms. The summed E-state index contributed by atoms with van der Waals surface area (Å²) in [6.45, 7) is 18.1. The molecule has 0 fully saturated rings. The van der Waals surface area contributed by atoms with Crippen LogP contribution >= 0.6 is 6.60 Å². The average molecular weight is 190 g/mol. The van der Waals surface area contributed by atoms with Gasteiger partial charge in [-0.15, -0.1) is 0 Å². The summed E-state index contributed by atoms with van der Waals surface area (Å²) in [6, 6.07) is 0. The Morgan fingerprint density at radius 1 is 0.750 bits per heavy atom. The second-order valence-corrected chi connectivity index (χ2v) is 14.0. The van der Waals surface area contributed by atoms with Crippen LogP contribution in [0.15, 0.2) is 0 Å². The first kappa shape index (κ1) is 12.4. The van der Waals surface area contributed by atoms with E-state index in [-0.39, 0.29) is 0 Å². The summed E-state index contributed by atoms with van der Waals surface area (Å²) in [4.78, 5) is 0. The molecule has 0 aliphatic heterocycles. The summed E-state index contributed by atoms with van der Waals surface area (Å²) in [5, 5.41) is 0. The quantitative estimate of drug-likeness (QED) is 0.592. The van der Waals surface area contributed by atoms with Gasteiger partial charge in [0.15, 0.2) is 0 Å². The van der Waals surface area contributed by atoms with Crippen LogP contribution in [0.2, 0.25) is 0 Å². The number of hydrogen-bond donors (Lipinski definition) is 0. The van der Waals surface area contributed by atoms with Crippen LogP contribution in [0.4, 0.5) is 0 Å². The Hall–Kier alpha value is 0.430. The molecular weight excluding hydrogens is 163 g/mol. The van der Waals surface area contributed by atoms with Gasteiger partial charge in [0, 0.05) is 0 Å². The summed E-state index contributed by atoms with van der Waals surface area (Å²) < 4.78 is 0.